The van der Waals surface area contributed by atoms with Crippen LogP contribution in [0.15, 0.2) is 48.0 Å². The van der Waals surface area contributed by atoms with E-state index in [2.05, 4.69) is 18.8 Å². The third-order valence-corrected chi connectivity index (χ3v) is 7.90. The second kappa shape index (κ2) is 11.6. The smallest absolute Gasteiger partial charge is 0.350 e. The van der Waals surface area contributed by atoms with Crippen LogP contribution < -0.4 is 19.1 Å². The number of aromatic nitrogens is 1. The number of esters is 1. The molecule has 2 aliphatic heterocycles. The van der Waals surface area contributed by atoms with Crippen molar-refractivity contribution in [2.24, 2.45) is 5.92 Å². The molecule has 0 bridgehead atoms. The molecule has 214 valence electrons. The number of anilines is 1. The van der Waals surface area contributed by atoms with Crippen molar-refractivity contribution >= 4 is 39.9 Å². The molecule has 3 aromatic rings. The van der Waals surface area contributed by atoms with Gasteiger partial charge in [0, 0.05) is 5.56 Å². The Morgan fingerprint density at radius 3 is 2.63 bits per heavy atom. The third-order valence-electron chi connectivity index (χ3n) is 6.76. The number of nitrogens with zero attached hydrogens (tertiary/aromatic N) is 2. The fraction of sp³-hybridized carbons (Fsp3) is 0.333. The summed E-state index contributed by atoms with van der Waals surface area (Å²) < 4.78 is 22.0. The molecule has 1 fully saturated rings. The molecule has 1 aromatic heterocycles. The van der Waals surface area contributed by atoms with Crippen molar-refractivity contribution in [3.8, 4) is 17.2 Å². The van der Waals surface area contributed by atoms with Gasteiger partial charge in [-0.1, -0.05) is 37.3 Å². The Kier molecular flexibility index (Phi) is 7.98. The molecule has 0 aliphatic carbocycles. The number of fused-ring (bicyclic) bond motifs is 1. The number of Topliss-reactive ketones (excluding diaryl/α,β-unsaturated/α-hetero) is 1. The van der Waals surface area contributed by atoms with Crippen LogP contribution in [0.4, 0.5) is 5.13 Å². The fourth-order valence-electron chi connectivity index (χ4n) is 4.65. The highest BCUT2D eigenvalue weighted by atomic mass is 32.1. The minimum Gasteiger partial charge on any atom is -0.507 e. The van der Waals surface area contributed by atoms with Gasteiger partial charge < -0.3 is 24.1 Å². The summed E-state index contributed by atoms with van der Waals surface area (Å²) in [7, 11) is 1.26. The molecule has 1 N–H and O–H groups in total. The maximum atomic E-state index is 13.6. The summed E-state index contributed by atoms with van der Waals surface area (Å²) in [6, 6.07) is 10.8. The molecule has 0 radical (unpaired) electrons. The maximum Gasteiger partial charge on any atom is 0.350 e. The number of aryl methyl sites for hydroxylation is 1. The van der Waals surface area contributed by atoms with E-state index < -0.39 is 23.7 Å². The first kappa shape index (κ1) is 28.2. The van der Waals surface area contributed by atoms with Gasteiger partial charge in [0.1, 0.15) is 29.6 Å². The normalized spacial score (nSPS) is 17.7. The summed E-state index contributed by atoms with van der Waals surface area (Å²) in [5.41, 5.74) is 1.04. The first-order chi connectivity index (χ1) is 19.7. The van der Waals surface area contributed by atoms with E-state index in [9.17, 15) is 19.5 Å². The molecule has 1 amide bonds. The van der Waals surface area contributed by atoms with Crippen molar-refractivity contribution in [1.29, 1.82) is 0 Å². The zero-order chi connectivity index (χ0) is 29.3. The van der Waals surface area contributed by atoms with E-state index in [0.717, 1.165) is 17.8 Å². The minimum atomic E-state index is -1.05. The van der Waals surface area contributed by atoms with Gasteiger partial charge in [-0.25, -0.2) is 9.78 Å². The van der Waals surface area contributed by atoms with Gasteiger partial charge in [0.2, 0.25) is 0 Å². The van der Waals surface area contributed by atoms with E-state index in [1.807, 2.05) is 0 Å². The molecule has 0 saturated carbocycles. The van der Waals surface area contributed by atoms with Gasteiger partial charge in [0.05, 0.1) is 31.0 Å². The summed E-state index contributed by atoms with van der Waals surface area (Å²) >= 11 is 0.938. The van der Waals surface area contributed by atoms with Crippen molar-refractivity contribution < 1.29 is 38.4 Å². The molecule has 2 aliphatic rings. The maximum absolute atomic E-state index is 13.6. The molecule has 11 heteroatoms. The molecule has 2 aromatic carbocycles. The van der Waals surface area contributed by atoms with Crippen LogP contribution in [0.5, 0.6) is 17.2 Å². The minimum absolute atomic E-state index is 0.126. The highest BCUT2D eigenvalue weighted by Gasteiger charge is 2.48. The molecule has 0 unspecified atom stereocenters. The van der Waals surface area contributed by atoms with Gasteiger partial charge in [-0.2, -0.15) is 0 Å². The summed E-state index contributed by atoms with van der Waals surface area (Å²) in [6.07, 6.45) is 0.849. The topological polar surface area (TPSA) is 124 Å². The Morgan fingerprint density at radius 2 is 1.90 bits per heavy atom. The Bertz CT molecular complexity index is 1540. The average Bonchev–Trinajstić information content (AvgIpc) is 3.48. The fourth-order valence-corrected chi connectivity index (χ4v) is 5.66. The van der Waals surface area contributed by atoms with Gasteiger partial charge in [0.15, 0.2) is 16.6 Å². The molecule has 1 saturated heterocycles. The lowest BCUT2D eigenvalue weighted by molar-refractivity contribution is -0.132. The Morgan fingerprint density at radius 1 is 1.15 bits per heavy atom. The summed E-state index contributed by atoms with van der Waals surface area (Å²) in [6.45, 7) is 7.06. The van der Waals surface area contributed by atoms with Crippen LogP contribution in [0.3, 0.4) is 0 Å². The second-order valence-electron chi connectivity index (χ2n) is 10.0. The summed E-state index contributed by atoms with van der Waals surface area (Å²) in [4.78, 5) is 45.3. The van der Waals surface area contributed by atoms with Gasteiger partial charge in [-0.3, -0.25) is 14.5 Å². The predicted octanol–water partition coefficient (Wildman–Crippen LogP) is 5.06. The molecule has 0 spiro atoms. The van der Waals surface area contributed by atoms with Crippen molar-refractivity contribution in [3.05, 3.63) is 69.7 Å². The summed E-state index contributed by atoms with van der Waals surface area (Å²) in [5.74, 6) is -0.801. The van der Waals surface area contributed by atoms with Crippen LogP contribution in [0.25, 0.3) is 5.76 Å². The van der Waals surface area contributed by atoms with E-state index in [1.54, 1.807) is 49.4 Å². The van der Waals surface area contributed by atoms with Crippen molar-refractivity contribution in [1.82, 2.24) is 4.98 Å². The first-order valence-electron chi connectivity index (χ1n) is 13.2. The number of hydrogen-bond acceptors (Lipinski definition) is 10. The van der Waals surface area contributed by atoms with Crippen LogP contribution >= 0.6 is 11.3 Å². The number of thiazole rings is 1. The van der Waals surface area contributed by atoms with Gasteiger partial charge in [-0.05, 0) is 55.2 Å². The number of aliphatic hydroxyl groups excluding tert-OH is 1. The number of carbonyl (C=O) groups excluding carboxylic acids is 3. The van der Waals surface area contributed by atoms with Gasteiger partial charge >= 0.3 is 11.9 Å². The number of hydrogen-bond donors (Lipinski definition) is 1. The van der Waals surface area contributed by atoms with Crippen molar-refractivity contribution in [2.45, 2.75) is 33.2 Å². The highest BCUT2D eigenvalue weighted by Crippen LogP contribution is 2.45. The number of carbonyl (C=O) groups is 3. The van der Waals surface area contributed by atoms with Crippen LogP contribution in [0, 0.1) is 12.8 Å². The second-order valence-corrected chi connectivity index (χ2v) is 11.0. The summed E-state index contributed by atoms with van der Waals surface area (Å²) in [5, 5.41) is 11.7. The molecular weight excluding hydrogens is 548 g/mol. The van der Waals surface area contributed by atoms with Crippen LogP contribution in [-0.2, 0) is 14.3 Å². The molecule has 5 rings (SSSR count). The quantitative estimate of drug-likeness (QED) is 0.169. The lowest BCUT2D eigenvalue weighted by atomic mass is 9.95. The Labute approximate surface area is 241 Å². The number of amides is 1. The number of methoxy groups -OCH3 is 1. The lowest BCUT2D eigenvalue weighted by Crippen LogP contribution is -2.29. The van der Waals surface area contributed by atoms with Gasteiger partial charge in [0.25, 0.3) is 5.78 Å². The Balaban J connectivity index is 1.64. The molecular formula is C30H30N2O8S. The van der Waals surface area contributed by atoms with E-state index in [0.29, 0.717) is 54.2 Å². The molecule has 10 nitrogen and oxygen atoms in total. The average molecular weight is 579 g/mol. The number of ether oxygens (including phenoxy) is 4. The van der Waals surface area contributed by atoms with Gasteiger partial charge in [-0.15, -0.1) is 0 Å². The lowest BCUT2D eigenvalue weighted by Gasteiger charge is -2.24. The number of aliphatic hydroxyl groups is 1. The molecule has 41 heavy (non-hydrogen) atoms. The number of rotatable bonds is 8. The zero-order valence-corrected chi connectivity index (χ0v) is 23.9. The molecule has 3 heterocycles. The Hall–Kier alpha value is -4.38. The van der Waals surface area contributed by atoms with E-state index in [4.69, 9.17) is 18.9 Å². The monoisotopic (exact) mass is 578 g/mol. The number of ketones is 1. The SMILES string of the molecule is COC(=O)c1sc(N2C(=O)C(=O)C(=C(O)c3ccc4c(c3)OCCO4)[C@@H]2c2cccc(OCCC(C)C)c2)nc1C. The molecule has 1 atom stereocenters. The third kappa shape index (κ3) is 5.49. The van der Waals surface area contributed by atoms with Crippen molar-refractivity contribution in [2.75, 3.05) is 31.8 Å². The highest BCUT2D eigenvalue weighted by molar-refractivity contribution is 7.17. The van der Waals surface area contributed by atoms with Crippen molar-refractivity contribution in [3.63, 3.8) is 0 Å². The van der Waals surface area contributed by atoms with E-state index in [1.165, 1.54) is 12.0 Å². The number of benzene rings is 2. The largest absolute Gasteiger partial charge is 0.507 e. The van der Waals surface area contributed by atoms with Crippen LogP contribution in [0.2, 0.25) is 0 Å². The predicted molar refractivity (Wildman–Crippen MR) is 152 cm³/mol. The van der Waals surface area contributed by atoms with E-state index >= 15 is 0 Å². The first-order valence-corrected chi connectivity index (χ1v) is 14.0. The standard InChI is InChI=1S/C30H30N2O8S/c1-16(2)10-11-38-20-7-5-6-18(14-20)24-23(25(33)19-8-9-21-22(15-19)40-13-12-39-21)26(34)28(35)32(24)30-31-17(3)27(41-30)29(36)37-4/h5-9,14-16,24,33H,10-13H2,1-4H3/t24-/m0/s1. The van der Waals surface area contributed by atoms with Crippen LogP contribution in [-0.4, -0.2) is 54.7 Å². The zero-order valence-electron chi connectivity index (χ0n) is 23.1. The van der Waals surface area contributed by atoms with E-state index in [-0.39, 0.29) is 26.9 Å². The van der Waals surface area contributed by atoms with Crippen LogP contribution in [0.1, 0.15) is 52.8 Å².